The van der Waals surface area contributed by atoms with Crippen LogP contribution in [0.3, 0.4) is 0 Å². The van der Waals surface area contributed by atoms with E-state index in [0.29, 0.717) is 17.9 Å². The highest BCUT2D eigenvalue weighted by molar-refractivity contribution is 8.01. The number of carbonyl (C=O) groups is 2. The van der Waals surface area contributed by atoms with Crippen LogP contribution in [0.4, 0.5) is 0 Å². The van der Waals surface area contributed by atoms with Crippen molar-refractivity contribution in [3.8, 4) is 11.5 Å². The number of hydrogen-bond acceptors (Lipinski definition) is 5. The number of ether oxygens (including phenoxy) is 2. The third-order valence-electron chi connectivity index (χ3n) is 4.35. The summed E-state index contributed by atoms with van der Waals surface area (Å²) in [6, 6.07) is 13.2. The molecule has 0 aromatic heterocycles. The minimum atomic E-state index is -1.04. The molecule has 142 valence electrons. The van der Waals surface area contributed by atoms with Crippen LogP contribution in [0.5, 0.6) is 11.5 Å². The van der Waals surface area contributed by atoms with Crippen molar-refractivity contribution in [3.63, 3.8) is 0 Å². The first-order valence-electron chi connectivity index (χ1n) is 8.47. The molecule has 0 fully saturated rings. The molecule has 0 saturated heterocycles. The van der Waals surface area contributed by atoms with E-state index in [2.05, 4.69) is 0 Å². The first kappa shape index (κ1) is 19.1. The maximum Gasteiger partial charge on any atom is 0.323 e. The molecule has 0 spiro atoms. The molecule has 2 aromatic carbocycles. The fourth-order valence-corrected chi connectivity index (χ4v) is 4.36. The van der Waals surface area contributed by atoms with Crippen LogP contribution in [0.1, 0.15) is 11.1 Å². The zero-order chi connectivity index (χ0) is 19.4. The number of benzene rings is 2. The van der Waals surface area contributed by atoms with Gasteiger partial charge in [-0.1, -0.05) is 18.2 Å². The number of aliphatic carboxylic acids is 1. The van der Waals surface area contributed by atoms with Crippen LogP contribution in [-0.2, 0) is 22.6 Å². The molecular weight excluding hydrogens is 366 g/mol. The van der Waals surface area contributed by atoms with Gasteiger partial charge in [0.2, 0.25) is 5.91 Å². The van der Waals surface area contributed by atoms with Crippen molar-refractivity contribution in [1.29, 1.82) is 0 Å². The Morgan fingerprint density at radius 2 is 1.81 bits per heavy atom. The summed E-state index contributed by atoms with van der Waals surface area (Å²) in [6.45, 7) is -0.183. The Labute approximate surface area is 162 Å². The van der Waals surface area contributed by atoms with E-state index in [4.69, 9.17) is 9.47 Å². The van der Waals surface area contributed by atoms with E-state index < -0.39 is 5.97 Å². The second-order valence-electron chi connectivity index (χ2n) is 6.23. The molecule has 1 amide bonds. The number of fused-ring (bicyclic) bond motifs is 1. The molecule has 0 bridgehead atoms. The Hall–Kier alpha value is -2.67. The molecule has 1 unspecified atom stereocenters. The maximum absolute atomic E-state index is 13.0. The average Bonchev–Trinajstić information content (AvgIpc) is 3.10. The van der Waals surface area contributed by atoms with Crippen LogP contribution in [0.2, 0.25) is 0 Å². The lowest BCUT2D eigenvalue weighted by molar-refractivity contribution is -0.144. The lowest BCUT2D eigenvalue weighted by Gasteiger charge is -2.24. The molecule has 27 heavy (non-hydrogen) atoms. The van der Waals surface area contributed by atoms with E-state index in [9.17, 15) is 14.7 Å². The number of methoxy groups -OCH3 is 2. The molecule has 1 N–H and O–H groups in total. The summed E-state index contributed by atoms with van der Waals surface area (Å²) < 4.78 is 10.5. The Kier molecular flexibility index (Phi) is 5.91. The number of hydrogen-bond donors (Lipinski definition) is 1. The number of carbonyl (C=O) groups excluding carboxylic acids is 1. The highest BCUT2D eigenvalue weighted by atomic mass is 32.2. The van der Waals surface area contributed by atoms with E-state index in [1.807, 2.05) is 24.3 Å². The molecule has 1 atom stereocenters. The van der Waals surface area contributed by atoms with Crippen LogP contribution >= 0.6 is 11.8 Å². The van der Waals surface area contributed by atoms with Crippen LogP contribution in [0.25, 0.3) is 0 Å². The van der Waals surface area contributed by atoms with Crippen molar-refractivity contribution >= 4 is 23.6 Å². The van der Waals surface area contributed by atoms with Crippen LogP contribution < -0.4 is 9.47 Å². The van der Waals surface area contributed by atoms with Crippen LogP contribution in [0, 0.1) is 0 Å². The van der Waals surface area contributed by atoms with Gasteiger partial charge in [0.15, 0.2) is 0 Å². The zero-order valence-electron chi connectivity index (χ0n) is 15.2. The smallest absolute Gasteiger partial charge is 0.323 e. The van der Waals surface area contributed by atoms with Gasteiger partial charge in [0, 0.05) is 17.5 Å². The van der Waals surface area contributed by atoms with Gasteiger partial charge < -0.3 is 19.5 Å². The lowest BCUT2D eigenvalue weighted by Crippen LogP contribution is -2.40. The van der Waals surface area contributed by atoms with Gasteiger partial charge in [-0.25, -0.2) is 0 Å². The molecule has 1 heterocycles. The van der Waals surface area contributed by atoms with Crippen molar-refractivity contribution in [2.45, 2.75) is 23.1 Å². The number of carboxylic acid groups (broad SMARTS) is 1. The fraction of sp³-hybridized carbons (Fsp3) is 0.300. The minimum Gasteiger partial charge on any atom is -0.497 e. The van der Waals surface area contributed by atoms with Gasteiger partial charge >= 0.3 is 5.97 Å². The minimum absolute atomic E-state index is 0.173. The molecule has 7 heteroatoms. The van der Waals surface area contributed by atoms with Gasteiger partial charge in [-0.2, -0.15) is 0 Å². The Morgan fingerprint density at radius 1 is 1.15 bits per heavy atom. The molecule has 0 saturated carbocycles. The summed E-state index contributed by atoms with van der Waals surface area (Å²) in [7, 11) is 3.09. The topological polar surface area (TPSA) is 76.1 Å². The summed E-state index contributed by atoms with van der Waals surface area (Å²) >= 11 is 1.49. The molecule has 3 rings (SSSR count). The van der Waals surface area contributed by atoms with Gasteiger partial charge in [-0.15, -0.1) is 11.8 Å². The predicted molar refractivity (Wildman–Crippen MR) is 102 cm³/mol. The molecule has 2 aromatic rings. The lowest BCUT2D eigenvalue weighted by atomic mass is 10.1. The molecule has 0 radical (unpaired) electrons. The second-order valence-corrected chi connectivity index (χ2v) is 7.47. The van der Waals surface area contributed by atoms with Crippen LogP contribution in [0.15, 0.2) is 47.4 Å². The Morgan fingerprint density at radius 3 is 2.41 bits per heavy atom. The molecule has 1 aliphatic rings. The highest BCUT2D eigenvalue weighted by Gasteiger charge is 2.32. The van der Waals surface area contributed by atoms with Crippen molar-refractivity contribution in [3.05, 3.63) is 53.6 Å². The van der Waals surface area contributed by atoms with Gasteiger partial charge in [0.05, 0.1) is 19.5 Å². The van der Waals surface area contributed by atoms with E-state index >= 15 is 0 Å². The molecular formula is C20H21NO5S. The summed E-state index contributed by atoms with van der Waals surface area (Å²) in [5.74, 6) is -0.0384. The van der Waals surface area contributed by atoms with Crippen LogP contribution in [-0.4, -0.2) is 47.9 Å². The van der Waals surface area contributed by atoms with Gasteiger partial charge in [0.25, 0.3) is 0 Å². The summed E-state index contributed by atoms with van der Waals surface area (Å²) in [5.41, 5.74) is 1.88. The van der Waals surface area contributed by atoms with Gasteiger partial charge in [-0.05, 0) is 35.7 Å². The fourth-order valence-electron chi connectivity index (χ4n) is 3.08. The zero-order valence-corrected chi connectivity index (χ0v) is 16.0. The van der Waals surface area contributed by atoms with Crippen molar-refractivity contribution in [1.82, 2.24) is 4.90 Å². The summed E-state index contributed by atoms with van der Waals surface area (Å²) in [6.07, 6.45) is 0.608. The van der Waals surface area contributed by atoms with Crippen molar-refractivity contribution in [2.75, 3.05) is 20.8 Å². The van der Waals surface area contributed by atoms with Gasteiger partial charge in [0.1, 0.15) is 18.0 Å². The average molecular weight is 387 g/mol. The predicted octanol–water partition coefficient (Wildman–Crippen LogP) is 2.83. The molecule has 0 aliphatic carbocycles. The number of thioether (sulfide) groups is 1. The Bertz CT molecular complexity index is 807. The SMILES string of the molecule is COc1cc(CN(CC(=O)O)C(=O)C2Cc3ccccc3S2)cc(OC)c1. The third-order valence-corrected chi connectivity index (χ3v) is 5.65. The number of carboxylic acids is 1. The number of nitrogens with zero attached hydrogens (tertiary/aromatic N) is 1. The maximum atomic E-state index is 13.0. The number of rotatable bonds is 7. The third kappa shape index (κ3) is 4.54. The van der Waals surface area contributed by atoms with Crippen molar-refractivity contribution in [2.24, 2.45) is 0 Å². The largest absolute Gasteiger partial charge is 0.497 e. The summed E-state index contributed by atoms with van der Waals surface area (Å²) in [4.78, 5) is 26.8. The van der Waals surface area contributed by atoms with Gasteiger partial charge in [-0.3, -0.25) is 9.59 Å². The summed E-state index contributed by atoms with van der Waals surface area (Å²) in [5, 5.41) is 8.97. The highest BCUT2D eigenvalue weighted by Crippen LogP contribution is 2.37. The van der Waals surface area contributed by atoms with E-state index in [1.165, 1.54) is 16.7 Å². The van der Waals surface area contributed by atoms with E-state index in [1.54, 1.807) is 32.4 Å². The first-order chi connectivity index (χ1) is 13.0. The Balaban J connectivity index is 1.80. The second kappa shape index (κ2) is 8.35. The quantitative estimate of drug-likeness (QED) is 0.787. The molecule has 1 aliphatic heterocycles. The monoisotopic (exact) mass is 387 g/mol. The van der Waals surface area contributed by atoms with E-state index in [-0.39, 0.29) is 24.2 Å². The van der Waals surface area contributed by atoms with E-state index in [0.717, 1.165) is 16.0 Å². The first-order valence-corrected chi connectivity index (χ1v) is 9.35. The number of amides is 1. The standard InChI is InChI=1S/C20H21NO5S/c1-25-15-7-13(8-16(10-15)26-2)11-21(12-19(22)23)20(24)18-9-14-5-3-4-6-17(14)27-18/h3-8,10,18H,9,11-12H2,1-2H3,(H,22,23). The molecule has 6 nitrogen and oxygen atoms in total. The van der Waals surface area contributed by atoms with Crippen molar-refractivity contribution < 1.29 is 24.2 Å². The normalized spacial score (nSPS) is 15.1.